The average Bonchev–Trinajstić information content (AvgIpc) is 1.80. The van der Waals surface area contributed by atoms with Gasteiger partial charge in [0, 0.05) is 25.7 Å². The molecular weight excluding hydrogens is 131 g/mol. The minimum atomic E-state index is 0.703. The first kappa shape index (κ1) is 7.46. The Balaban J connectivity index is 2.35. The molecule has 0 radical (unpaired) electrons. The normalized spacial score (nSPS) is 33.0. The van der Waals surface area contributed by atoms with Crippen molar-refractivity contribution in [1.29, 1.82) is 0 Å². The standard InChI is InChI=1S/C6H15N2P/c1-6-5-7(2)3-4-8(6)9/h6H,3-5,9H2,1-2H3/t6-/m1/s1. The Morgan fingerprint density at radius 3 is 2.56 bits per heavy atom. The van der Waals surface area contributed by atoms with E-state index in [2.05, 4.69) is 32.9 Å². The van der Waals surface area contributed by atoms with E-state index in [-0.39, 0.29) is 0 Å². The molecule has 1 unspecified atom stereocenters. The van der Waals surface area contributed by atoms with Crippen molar-refractivity contribution in [1.82, 2.24) is 9.57 Å². The average molecular weight is 146 g/mol. The molecular formula is C6H15N2P. The Kier molecular flexibility index (Phi) is 2.45. The minimum Gasteiger partial charge on any atom is -0.304 e. The van der Waals surface area contributed by atoms with Crippen LogP contribution in [0.4, 0.5) is 0 Å². The van der Waals surface area contributed by atoms with E-state index >= 15 is 0 Å². The van der Waals surface area contributed by atoms with Gasteiger partial charge in [-0.2, -0.15) is 0 Å². The fourth-order valence-corrected chi connectivity index (χ4v) is 1.36. The Morgan fingerprint density at radius 1 is 1.44 bits per heavy atom. The summed E-state index contributed by atoms with van der Waals surface area (Å²) in [6.07, 6.45) is 0. The lowest BCUT2D eigenvalue weighted by atomic mass is 10.2. The van der Waals surface area contributed by atoms with Crippen molar-refractivity contribution in [3.63, 3.8) is 0 Å². The first-order valence-electron chi connectivity index (χ1n) is 3.40. The largest absolute Gasteiger partial charge is 0.304 e. The second-order valence-electron chi connectivity index (χ2n) is 2.85. The fourth-order valence-electron chi connectivity index (χ4n) is 1.15. The molecule has 0 N–H and O–H groups in total. The molecule has 3 heteroatoms. The summed E-state index contributed by atoms with van der Waals surface area (Å²) in [7, 11) is 4.94. The van der Waals surface area contributed by atoms with Crippen LogP contribution in [-0.2, 0) is 0 Å². The number of hydrogen-bond donors (Lipinski definition) is 0. The molecule has 9 heavy (non-hydrogen) atoms. The maximum absolute atomic E-state index is 2.77. The van der Waals surface area contributed by atoms with Crippen molar-refractivity contribution >= 4 is 9.39 Å². The van der Waals surface area contributed by atoms with Crippen molar-refractivity contribution in [2.45, 2.75) is 13.0 Å². The van der Waals surface area contributed by atoms with Gasteiger partial charge in [0.15, 0.2) is 0 Å². The van der Waals surface area contributed by atoms with E-state index in [1.165, 1.54) is 19.6 Å². The predicted octanol–water partition coefficient (Wildman–Crippen LogP) is 0.412. The lowest BCUT2D eigenvalue weighted by Gasteiger charge is -2.35. The molecule has 2 atom stereocenters. The van der Waals surface area contributed by atoms with Gasteiger partial charge in [-0.15, -0.1) is 0 Å². The van der Waals surface area contributed by atoms with Gasteiger partial charge in [-0.3, -0.25) is 4.67 Å². The van der Waals surface area contributed by atoms with Crippen LogP contribution in [0.2, 0.25) is 0 Å². The van der Waals surface area contributed by atoms with Crippen LogP contribution in [0, 0.1) is 0 Å². The highest BCUT2D eigenvalue weighted by Gasteiger charge is 2.16. The summed E-state index contributed by atoms with van der Waals surface area (Å²) >= 11 is 0. The first-order chi connectivity index (χ1) is 4.20. The molecule has 0 spiro atoms. The zero-order chi connectivity index (χ0) is 6.85. The lowest BCUT2D eigenvalue weighted by Crippen LogP contribution is -2.45. The molecule has 1 aliphatic rings. The molecule has 1 aliphatic heterocycles. The zero-order valence-corrected chi connectivity index (χ0v) is 7.33. The summed E-state index contributed by atoms with van der Waals surface area (Å²) in [5.74, 6) is 0. The maximum Gasteiger partial charge on any atom is 0.0229 e. The van der Waals surface area contributed by atoms with E-state index in [0.717, 1.165) is 0 Å². The SMILES string of the molecule is C[C@@H]1CN(C)CCN1P. The van der Waals surface area contributed by atoms with Gasteiger partial charge in [-0.05, 0) is 14.0 Å². The second-order valence-corrected chi connectivity index (χ2v) is 3.51. The van der Waals surface area contributed by atoms with E-state index in [0.29, 0.717) is 6.04 Å². The third-order valence-corrected chi connectivity index (χ3v) is 2.65. The minimum absolute atomic E-state index is 0.703. The number of likely N-dealkylation sites (N-methyl/N-ethyl adjacent to an activating group) is 1. The van der Waals surface area contributed by atoms with Crippen LogP contribution in [0.15, 0.2) is 0 Å². The van der Waals surface area contributed by atoms with Gasteiger partial charge >= 0.3 is 0 Å². The number of rotatable bonds is 0. The van der Waals surface area contributed by atoms with Crippen LogP contribution in [0.3, 0.4) is 0 Å². The van der Waals surface area contributed by atoms with Gasteiger partial charge in [0.2, 0.25) is 0 Å². The quantitative estimate of drug-likeness (QED) is 0.457. The Hall–Kier alpha value is 0.350. The van der Waals surface area contributed by atoms with Crippen LogP contribution >= 0.6 is 9.39 Å². The lowest BCUT2D eigenvalue weighted by molar-refractivity contribution is 0.180. The molecule has 0 aliphatic carbocycles. The van der Waals surface area contributed by atoms with Crippen LogP contribution in [0.25, 0.3) is 0 Å². The van der Waals surface area contributed by atoms with Crippen LogP contribution in [-0.4, -0.2) is 42.3 Å². The van der Waals surface area contributed by atoms with Crippen LogP contribution < -0.4 is 0 Å². The van der Waals surface area contributed by atoms with Gasteiger partial charge in [0.05, 0.1) is 0 Å². The molecule has 0 aromatic carbocycles. The van der Waals surface area contributed by atoms with Gasteiger partial charge < -0.3 is 4.90 Å². The predicted molar refractivity (Wildman–Crippen MR) is 43.4 cm³/mol. The summed E-state index contributed by atoms with van der Waals surface area (Å²) in [4.78, 5) is 2.37. The van der Waals surface area contributed by atoms with Crippen molar-refractivity contribution in [2.75, 3.05) is 26.7 Å². The molecule has 0 amide bonds. The smallest absolute Gasteiger partial charge is 0.0229 e. The molecule has 1 fully saturated rings. The van der Waals surface area contributed by atoms with Crippen molar-refractivity contribution in [2.24, 2.45) is 0 Å². The molecule has 0 saturated carbocycles. The van der Waals surface area contributed by atoms with Crippen molar-refractivity contribution in [3.8, 4) is 0 Å². The van der Waals surface area contributed by atoms with E-state index in [4.69, 9.17) is 0 Å². The third kappa shape index (κ3) is 1.89. The summed E-state index contributed by atoms with van der Waals surface area (Å²) in [6.45, 7) is 5.84. The van der Waals surface area contributed by atoms with Gasteiger partial charge in [0.1, 0.15) is 0 Å². The molecule has 0 bridgehead atoms. The number of nitrogens with zero attached hydrogens (tertiary/aromatic N) is 2. The Morgan fingerprint density at radius 2 is 2.11 bits per heavy atom. The van der Waals surface area contributed by atoms with Crippen molar-refractivity contribution < 1.29 is 0 Å². The van der Waals surface area contributed by atoms with Crippen LogP contribution in [0.1, 0.15) is 6.92 Å². The number of hydrogen-bond acceptors (Lipinski definition) is 2. The topological polar surface area (TPSA) is 6.48 Å². The molecule has 54 valence electrons. The molecule has 1 heterocycles. The van der Waals surface area contributed by atoms with Gasteiger partial charge in [-0.1, -0.05) is 9.39 Å². The summed E-state index contributed by atoms with van der Waals surface area (Å²) in [6, 6.07) is 0.703. The van der Waals surface area contributed by atoms with E-state index < -0.39 is 0 Å². The van der Waals surface area contributed by atoms with Gasteiger partial charge in [-0.25, -0.2) is 0 Å². The van der Waals surface area contributed by atoms with E-state index in [1.54, 1.807) is 0 Å². The summed E-state index contributed by atoms with van der Waals surface area (Å²) in [5.41, 5.74) is 0. The molecule has 1 rings (SSSR count). The highest BCUT2D eigenvalue weighted by atomic mass is 31.0. The molecule has 1 saturated heterocycles. The third-order valence-electron chi connectivity index (χ3n) is 1.88. The monoisotopic (exact) mass is 146 g/mol. The number of piperazine rings is 1. The Labute approximate surface area is 59.5 Å². The maximum atomic E-state index is 2.77. The highest BCUT2D eigenvalue weighted by Crippen LogP contribution is 2.11. The summed E-state index contributed by atoms with van der Waals surface area (Å²) in [5, 5.41) is 0. The fraction of sp³-hybridized carbons (Fsp3) is 1.00. The van der Waals surface area contributed by atoms with Gasteiger partial charge in [0.25, 0.3) is 0 Å². The van der Waals surface area contributed by atoms with Crippen molar-refractivity contribution in [3.05, 3.63) is 0 Å². The first-order valence-corrected chi connectivity index (χ1v) is 3.91. The van der Waals surface area contributed by atoms with E-state index in [1.807, 2.05) is 0 Å². The van der Waals surface area contributed by atoms with E-state index in [9.17, 15) is 0 Å². The highest BCUT2D eigenvalue weighted by molar-refractivity contribution is 7.13. The second kappa shape index (κ2) is 2.96. The van der Waals surface area contributed by atoms with Crippen LogP contribution in [0.5, 0.6) is 0 Å². The Bertz CT molecular complexity index is 97.1. The molecule has 2 nitrogen and oxygen atoms in total. The molecule has 0 aromatic heterocycles. The summed E-state index contributed by atoms with van der Waals surface area (Å²) < 4.78 is 2.32. The molecule has 0 aromatic rings. The zero-order valence-electron chi connectivity index (χ0n) is 6.17.